The van der Waals surface area contributed by atoms with Gasteiger partial charge in [0.2, 0.25) is 0 Å². The van der Waals surface area contributed by atoms with Crippen LogP contribution in [0, 0.1) is 0 Å². The molecule has 15 heavy (non-hydrogen) atoms. The van der Waals surface area contributed by atoms with Crippen LogP contribution in [0.15, 0.2) is 16.8 Å². The van der Waals surface area contributed by atoms with Crippen LogP contribution in [0.3, 0.4) is 0 Å². The van der Waals surface area contributed by atoms with Crippen LogP contribution in [0.1, 0.15) is 32.3 Å². The average Bonchev–Trinajstić information content (AvgIpc) is 2.65. The summed E-state index contributed by atoms with van der Waals surface area (Å²) >= 11 is 1.76. The van der Waals surface area contributed by atoms with Gasteiger partial charge in [-0.15, -0.1) is 0 Å². The highest BCUT2D eigenvalue weighted by atomic mass is 32.1. The van der Waals surface area contributed by atoms with E-state index in [2.05, 4.69) is 36.0 Å². The van der Waals surface area contributed by atoms with E-state index in [9.17, 15) is 0 Å². The normalized spacial score (nSPS) is 25.3. The third-order valence-corrected chi connectivity index (χ3v) is 3.60. The van der Waals surface area contributed by atoms with E-state index in [1.807, 2.05) is 0 Å². The Balaban J connectivity index is 1.80. The van der Waals surface area contributed by atoms with Crippen molar-refractivity contribution in [2.24, 2.45) is 0 Å². The number of thiophene rings is 1. The predicted molar refractivity (Wildman–Crippen MR) is 64.2 cm³/mol. The Morgan fingerprint density at radius 3 is 3.13 bits per heavy atom. The Kier molecular flexibility index (Phi) is 3.44. The molecule has 2 heterocycles. The van der Waals surface area contributed by atoms with Crippen LogP contribution in [-0.4, -0.2) is 18.2 Å². The molecule has 1 atom stereocenters. The second-order valence-corrected chi connectivity index (χ2v) is 5.59. The molecular weight excluding hydrogens is 206 g/mol. The van der Waals surface area contributed by atoms with Gasteiger partial charge in [0.25, 0.3) is 0 Å². The van der Waals surface area contributed by atoms with Crippen molar-refractivity contribution >= 4 is 11.3 Å². The number of nitrogens with one attached hydrogen (secondary N) is 1. The van der Waals surface area contributed by atoms with E-state index < -0.39 is 0 Å². The Morgan fingerprint density at radius 1 is 1.60 bits per heavy atom. The number of hydrogen-bond donors (Lipinski definition) is 1. The van der Waals surface area contributed by atoms with Gasteiger partial charge >= 0.3 is 0 Å². The van der Waals surface area contributed by atoms with Crippen LogP contribution in [0.4, 0.5) is 0 Å². The van der Waals surface area contributed by atoms with E-state index in [4.69, 9.17) is 4.74 Å². The van der Waals surface area contributed by atoms with E-state index in [0.717, 1.165) is 26.0 Å². The van der Waals surface area contributed by atoms with Crippen LogP contribution in [0.25, 0.3) is 0 Å². The maximum absolute atomic E-state index is 5.69. The van der Waals surface area contributed by atoms with Crippen LogP contribution < -0.4 is 5.32 Å². The maximum atomic E-state index is 5.69. The van der Waals surface area contributed by atoms with Crippen LogP contribution in [-0.2, 0) is 11.3 Å². The van der Waals surface area contributed by atoms with Crippen LogP contribution in [0.5, 0.6) is 0 Å². The highest BCUT2D eigenvalue weighted by Gasteiger charge is 2.28. The Morgan fingerprint density at radius 2 is 2.47 bits per heavy atom. The molecule has 0 aliphatic carbocycles. The first kappa shape index (κ1) is 11.1. The van der Waals surface area contributed by atoms with E-state index >= 15 is 0 Å². The topological polar surface area (TPSA) is 21.3 Å². The zero-order chi connectivity index (χ0) is 10.7. The second kappa shape index (κ2) is 4.64. The zero-order valence-electron chi connectivity index (χ0n) is 9.45. The highest BCUT2D eigenvalue weighted by Crippen LogP contribution is 2.24. The fourth-order valence-electron chi connectivity index (χ4n) is 2.06. The van der Waals surface area contributed by atoms with Crippen LogP contribution in [0.2, 0.25) is 0 Å². The molecule has 2 rings (SSSR count). The van der Waals surface area contributed by atoms with Gasteiger partial charge in [-0.3, -0.25) is 0 Å². The van der Waals surface area contributed by atoms with Crippen molar-refractivity contribution in [2.45, 2.75) is 44.9 Å². The standard InChI is InChI=1S/C12H19NOS/c1-12(2)7-11(3-5-14-12)13-8-10-4-6-15-9-10/h4,6,9,11,13H,3,5,7-8H2,1-2H3. The predicted octanol–water partition coefficient (Wildman–Crippen LogP) is 2.80. The van der Waals surface area contributed by atoms with E-state index in [-0.39, 0.29) is 5.60 Å². The van der Waals surface area contributed by atoms with Crippen molar-refractivity contribution in [3.05, 3.63) is 22.4 Å². The molecule has 3 heteroatoms. The minimum Gasteiger partial charge on any atom is -0.375 e. The quantitative estimate of drug-likeness (QED) is 0.854. The van der Waals surface area contributed by atoms with Crippen LogP contribution >= 0.6 is 11.3 Å². The molecule has 1 N–H and O–H groups in total. The summed E-state index contributed by atoms with van der Waals surface area (Å²) < 4.78 is 5.69. The molecule has 84 valence electrons. The van der Waals surface area contributed by atoms with Gasteiger partial charge in [0.1, 0.15) is 0 Å². The molecule has 0 bridgehead atoms. The molecule has 1 aliphatic heterocycles. The largest absolute Gasteiger partial charge is 0.375 e. The van der Waals surface area contributed by atoms with E-state index in [1.165, 1.54) is 5.56 Å². The summed E-state index contributed by atoms with van der Waals surface area (Å²) in [7, 11) is 0. The molecule has 0 spiro atoms. The molecular formula is C12H19NOS. The fourth-order valence-corrected chi connectivity index (χ4v) is 2.73. The molecule has 1 saturated heterocycles. The summed E-state index contributed by atoms with van der Waals surface area (Å²) in [4.78, 5) is 0. The molecule has 2 nitrogen and oxygen atoms in total. The monoisotopic (exact) mass is 225 g/mol. The zero-order valence-corrected chi connectivity index (χ0v) is 10.3. The second-order valence-electron chi connectivity index (χ2n) is 4.81. The molecule has 1 unspecified atom stereocenters. The van der Waals surface area contributed by atoms with E-state index in [1.54, 1.807) is 11.3 Å². The smallest absolute Gasteiger partial charge is 0.0641 e. The Labute approximate surface area is 95.6 Å². The lowest BCUT2D eigenvalue weighted by Crippen LogP contribution is -2.43. The maximum Gasteiger partial charge on any atom is 0.0641 e. The number of ether oxygens (including phenoxy) is 1. The summed E-state index contributed by atoms with van der Waals surface area (Å²) in [6.45, 7) is 6.22. The first-order valence-electron chi connectivity index (χ1n) is 5.54. The molecule has 0 saturated carbocycles. The van der Waals surface area contributed by atoms with Gasteiger partial charge in [0.15, 0.2) is 0 Å². The third-order valence-electron chi connectivity index (χ3n) is 2.87. The number of rotatable bonds is 3. The van der Waals surface area contributed by atoms with Crippen molar-refractivity contribution < 1.29 is 4.74 Å². The Bertz CT molecular complexity index is 295. The molecule has 0 radical (unpaired) electrons. The summed E-state index contributed by atoms with van der Waals surface area (Å²) in [5.41, 5.74) is 1.44. The van der Waals surface area contributed by atoms with Crippen molar-refractivity contribution in [3.8, 4) is 0 Å². The minimum absolute atomic E-state index is 0.0462. The van der Waals surface area contributed by atoms with Gasteiger partial charge in [-0.05, 0) is 49.1 Å². The van der Waals surface area contributed by atoms with Gasteiger partial charge in [-0.1, -0.05) is 0 Å². The molecule has 0 amide bonds. The summed E-state index contributed by atoms with van der Waals surface area (Å²) in [6.07, 6.45) is 2.24. The lowest BCUT2D eigenvalue weighted by molar-refractivity contribution is -0.0630. The van der Waals surface area contributed by atoms with Crippen molar-refractivity contribution in [1.82, 2.24) is 5.32 Å². The lowest BCUT2D eigenvalue weighted by atomic mass is 9.94. The summed E-state index contributed by atoms with van der Waals surface area (Å²) in [5.74, 6) is 0. The molecule has 0 aromatic carbocycles. The van der Waals surface area contributed by atoms with Crippen molar-refractivity contribution in [2.75, 3.05) is 6.61 Å². The van der Waals surface area contributed by atoms with Crippen molar-refractivity contribution in [3.63, 3.8) is 0 Å². The minimum atomic E-state index is 0.0462. The first-order chi connectivity index (χ1) is 7.16. The van der Waals surface area contributed by atoms with Gasteiger partial charge in [-0.25, -0.2) is 0 Å². The SMILES string of the molecule is CC1(C)CC(NCc2ccsc2)CCO1. The third kappa shape index (κ3) is 3.30. The van der Waals surface area contributed by atoms with Gasteiger partial charge in [0, 0.05) is 19.2 Å². The van der Waals surface area contributed by atoms with Gasteiger partial charge in [0.05, 0.1) is 5.60 Å². The molecule has 1 aromatic heterocycles. The molecule has 1 aromatic rings. The molecule has 1 aliphatic rings. The summed E-state index contributed by atoms with van der Waals surface area (Å²) in [5, 5.41) is 7.94. The number of hydrogen-bond acceptors (Lipinski definition) is 3. The first-order valence-corrected chi connectivity index (χ1v) is 6.48. The average molecular weight is 225 g/mol. The van der Waals surface area contributed by atoms with Crippen molar-refractivity contribution in [1.29, 1.82) is 0 Å². The lowest BCUT2D eigenvalue weighted by Gasteiger charge is -2.35. The Hall–Kier alpha value is -0.380. The fraction of sp³-hybridized carbons (Fsp3) is 0.667. The summed E-state index contributed by atoms with van der Waals surface area (Å²) in [6, 6.07) is 2.79. The van der Waals surface area contributed by atoms with Gasteiger partial charge in [-0.2, -0.15) is 11.3 Å². The van der Waals surface area contributed by atoms with Gasteiger partial charge < -0.3 is 10.1 Å². The highest BCUT2D eigenvalue weighted by molar-refractivity contribution is 7.07. The molecule has 1 fully saturated rings. The van der Waals surface area contributed by atoms with E-state index in [0.29, 0.717) is 6.04 Å².